The standard InChI is InChI=1S/C12H10NO/c1-14-12-7-8-13-9-11(12)10-5-3-2-4-6-10/h3-9H,1H3. The fourth-order valence-corrected chi connectivity index (χ4v) is 1.34. The second-order valence-corrected chi connectivity index (χ2v) is 2.86. The smallest absolute Gasteiger partial charge is 0.129 e. The van der Waals surface area contributed by atoms with Crippen LogP contribution in [0.4, 0.5) is 0 Å². The number of hydrogen-bond acceptors (Lipinski definition) is 2. The highest BCUT2D eigenvalue weighted by Crippen LogP contribution is 2.27. The lowest BCUT2D eigenvalue weighted by Gasteiger charge is -2.06. The molecule has 0 atom stereocenters. The lowest BCUT2D eigenvalue weighted by atomic mass is 10.1. The minimum atomic E-state index is 0.839. The van der Waals surface area contributed by atoms with Crippen molar-refractivity contribution >= 4 is 0 Å². The number of nitrogens with zero attached hydrogens (tertiary/aromatic N) is 1. The Morgan fingerprint density at radius 2 is 2.00 bits per heavy atom. The third-order valence-corrected chi connectivity index (χ3v) is 2.03. The first-order valence-corrected chi connectivity index (χ1v) is 4.36. The van der Waals surface area contributed by atoms with Crippen LogP contribution in [-0.4, -0.2) is 12.1 Å². The molecule has 0 saturated carbocycles. The summed E-state index contributed by atoms with van der Waals surface area (Å²) in [4.78, 5) is 4.08. The van der Waals surface area contributed by atoms with Gasteiger partial charge in [-0.25, -0.2) is 0 Å². The third-order valence-electron chi connectivity index (χ3n) is 2.03. The van der Waals surface area contributed by atoms with Crippen LogP contribution in [0.3, 0.4) is 0 Å². The zero-order chi connectivity index (χ0) is 9.80. The van der Waals surface area contributed by atoms with Crippen LogP contribution in [-0.2, 0) is 0 Å². The SMILES string of the molecule is COc1ccncc1-c1cc[c]cc1. The molecule has 0 saturated heterocycles. The van der Waals surface area contributed by atoms with E-state index in [-0.39, 0.29) is 0 Å². The predicted octanol–water partition coefficient (Wildman–Crippen LogP) is 2.56. The summed E-state index contributed by atoms with van der Waals surface area (Å²) in [5.41, 5.74) is 2.10. The molecule has 14 heavy (non-hydrogen) atoms. The van der Waals surface area contributed by atoms with Crippen molar-refractivity contribution < 1.29 is 4.74 Å². The molecule has 69 valence electrons. The normalized spacial score (nSPS) is 9.79. The monoisotopic (exact) mass is 184 g/mol. The molecule has 0 amide bonds. The van der Waals surface area contributed by atoms with Crippen molar-refractivity contribution in [3.8, 4) is 16.9 Å². The van der Waals surface area contributed by atoms with Crippen molar-refractivity contribution in [2.75, 3.05) is 7.11 Å². The van der Waals surface area contributed by atoms with Crippen molar-refractivity contribution in [2.24, 2.45) is 0 Å². The predicted molar refractivity (Wildman–Crippen MR) is 55.1 cm³/mol. The van der Waals surface area contributed by atoms with Gasteiger partial charge < -0.3 is 4.74 Å². The van der Waals surface area contributed by atoms with Crippen molar-refractivity contribution in [1.82, 2.24) is 4.98 Å². The minimum absolute atomic E-state index is 0.839. The topological polar surface area (TPSA) is 22.1 Å². The molecule has 2 rings (SSSR count). The van der Waals surface area contributed by atoms with Gasteiger partial charge >= 0.3 is 0 Å². The Kier molecular flexibility index (Phi) is 2.45. The Bertz CT molecular complexity index is 412. The molecule has 1 radical (unpaired) electrons. The van der Waals surface area contributed by atoms with Crippen LogP contribution in [0.2, 0.25) is 0 Å². The fraction of sp³-hybridized carbons (Fsp3) is 0.0833. The summed E-state index contributed by atoms with van der Waals surface area (Å²) < 4.78 is 5.25. The second-order valence-electron chi connectivity index (χ2n) is 2.86. The number of rotatable bonds is 2. The highest BCUT2D eigenvalue weighted by molar-refractivity contribution is 5.68. The molecule has 0 aliphatic rings. The number of ether oxygens (including phenoxy) is 1. The summed E-state index contributed by atoms with van der Waals surface area (Å²) in [6, 6.07) is 12.6. The molecule has 1 heterocycles. The Morgan fingerprint density at radius 1 is 1.21 bits per heavy atom. The Labute approximate surface area is 83.2 Å². The van der Waals surface area contributed by atoms with E-state index < -0.39 is 0 Å². The van der Waals surface area contributed by atoms with Gasteiger partial charge in [-0.15, -0.1) is 0 Å². The molecule has 2 aromatic rings. The summed E-state index contributed by atoms with van der Waals surface area (Å²) in [7, 11) is 1.66. The van der Waals surface area contributed by atoms with Crippen LogP contribution in [0.5, 0.6) is 5.75 Å². The van der Waals surface area contributed by atoms with Gasteiger partial charge in [0.05, 0.1) is 7.11 Å². The first kappa shape index (κ1) is 8.75. The molecule has 0 fully saturated rings. The van der Waals surface area contributed by atoms with E-state index in [1.807, 2.05) is 30.3 Å². The van der Waals surface area contributed by atoms with E-state index in [1.54, 1.807) is 19.5 Å². The van der Waals surface area contributed by atoms with Crippen LogP contribution >= 0.6 is 0 Å². The van der Waals surface area contributed by atoms with Gasteiger partial charge in [0.15, 0.2) is 0 Å². The Morgan fingerprint density at radius 3 is 2.71 bits per heavy atom. The van der Waals surface area contributed by atoms with Gasteiger partial charge in [-0.2, -0.15) is 0 Å². The van der Waals surface area contributed by atoms with Gasteiger partial charge in [0.2, 0.25) is 0 Å². The van der Waals surface area contributed by atoms with E-state index >= 15 is 0 Å². The molecule has 0 bridgehead atoms. The van der Waals surface area contributed by atoms with Crippen LogP contribution in [0.15, 0.2) is 42.7 Å². The maximum absolute atomic E-state index is 5.25. The average molecular weight is 184 g/mol. The summed E-state index contributed by atoms with van der Waals surface area (Å²) in [5, 5.41) is 0. The second kappa shape index (κ2) is 3.92. The summed E-state index contributed by atoms with van der Waals surface area (Å²) in [5.74, 6) is 0.839. The molecular formula is C12H10NO. The van der Waals surface area contributed by atoms with E-state index in [0.717, 1.165) is 16.9 Å². The lowest BCUT2D eigenvalue weighted by molar-refractivity contribution is 0.416. The molecule has 0 unspecified atom stereocenters. The lowest BCUT2D eigenvalue weighted by Crippen LogP contribution is -1.88. The number of benzene rings is 1. The first-order chi connectivity index (χ1) is 6.92. The quantitative estimate of drug-likeness (QED) is 0.715. The number of hydrogen-bond donors (Lipinski definition) is 0. The largest absolute Gasteiger partial charge is 0.496 e. The fourth-order valence-electron chi connectivity index (χ4n) is 1.34. The average Bonchev–Trinajstić information content (AvgIpc) is 2.30. The van der Waals surface area contributed by atoms with Gasteiger partial charge in [0.25, 0.3) is 0 Å². The van der Waals surface area contributed by atoms with Crippen LogP contribution < -0.4 is 4.74 Å². The molecular weight excluding hydrogens is 174 g/mol. The van der Waals surface area contributed by atoms with Crippen molar-refractivity contribution in [1.29, 1.82) is 0 Å². The number of pyridine rings is 1. The molecule has 0 aliphatic carbocycles. The zero-order valence-corrected chi connectivity index (χ0v) is 7.90. The summed E-state index contributed by atoms with van der Waals surface area (Å²) >= 11 is 0. The highest BCUT2D eigenvalue weighted by atomic mass is 16.5. The van der Waals surface area contributed by atoms with E-state index in [1.165, 1.54) is 0 Å². The highest BCUT2D eigenvalue weighted by Gasteiger charge is 2.03. The van der Waals surface area contributed by atoms with Crippen LogP contribution in [0, 0.1) is 6.07 Å². The van der Waals surface area contributed by atoms with Crippen molar-refractivity contribution in [3.05, 3.63) is 48.8 Å². The van der Waals surface area contributed by atoms with E-state index in [4.69, 9.17) is 4.74 Å². The molecule has 1 aromatic carbocycles. The minimum Gasteiger partial charge on any atom is -0.496 e. The van der Waals surface area contributed by atoms with Gasteiger partial charge in [-0.05, 0) is 17.7 Å². The van der Waals surface area contributed by atoms with Crippen molar-refractivity contribution in [2.45, 2.75) is 0 Å². The third kappa shape index (κ3) is 1.59. The van der Waals surface area contributed by atoms with Gasteiger partial charge in [-0.1, -0.05) is 24.3 Å². The first-order valence-electron chi connectivity index (χ1n) is 4.36. The van der Waals surface area contributed by atoms with Gasteiger partial charge in [0, 0.05) is 18.0 Å². The van der Waals surface area contributed by atoms with Gasteiger partial charge in [-0.3, -0.25) is 4.98 Å². The van der Waals surface area contributed by atoms with Crippen LogP contribution in [0.1, 0.15) is 0 Å². The molecule has 2 nitrogen and oxygen atoms in total. The van der Waals surface area contributed by atoms with E-state index in [0.29, 0.717) is 0 Å². The van der Waals surface area contributed by atoms with Crippen LogP contribution in [0.25, 0.3) is 11.1 Å². The summed E-state index contributed by atoms with van der Waals surface area (Å²) in [6.45, 7) is 0. The Balaban J connectivity index is 2.51. The van der Waals surface area contributed by atoms with Crippen molar-refractivity contribution in [3.63, 3.8) is 0 Å². The van der Waals surface area contributed by atoms with E-state index in [2.05, 4.69) is 11.1 Å². The maximum Gasteiger partial charge on any atom is 0.129 e. The zero-order valence-electron chi connectivity index (χ0n) is 7.90. The molecule has 0 N–H and O–H groups in total. The van der Waals surface area contributed by atoms with E-state index in [9.17, 15) is 0 Å². The molecule has 2 heteroatoms. The van der Waals surface area contributed by atoms with Gasteiger partial charge in [0.1, 0.15) is 5.75 Å². The molecule has 1 aromatic heterocycles. The molecule has 0 spiro atoms. The molecule has 0 aliphatic heterocycles. The summed E-state index contributed by atoms with van der Waals surface area (Å²) in [6.07, 6.45) is 3.52. The number of methoxy groups -OCH3 is 1. The Hall–Kier alpha value is -1.83. The maximum atomic E-state index is 5.25. The number of aromatic nitrogens is 1.